The molecule has 0 aliphatic carbocycles. The van der Waals surface area contributed by atoms with Crippen molar-refractivity contribution in [1.29, 1.82) is 0 Å². The van der Waals surface area contributed by atoms with E-state index in [4.69, 9.17) is 19.3 Å². The number of rotatable bonds is 8. The van der Waals surface area contributed by atoms with Gasteiger partial charge in [-0.3, -0.25) is 9.78 Å². The highest BCUT2D eigenvalue weighted by molar-refractivity contribution is 5.95. The van der Waals surface area contributed by atoms with Gasteiger partial charge in [0.05, 0.1) is 54.2 Å². The summed E-state index contributed by atoms with van der Waals surface area (Å²) < 4.78 is 30.8. The molecular formula is C26H25FN6O5. The van der Waals surface area contributed by atoms with Gasteiger partial charge in [0, 0.05) is 18.0 Å². The van der Waals surface area contributed by atoms with E-state index in [9.17, 15) is 9.18 Å². The fourth-order valence-corrected chi connectivity index (χ4v) is 3.81. The van der Waals surface area contributed by atoms with E-state index in [-0.39, 0.29) is 44.2 Å². The minimum Gasteiger partial charge on any atom is -0.461 e. The molecule has 4 heterocycles. The first-order valence-corrected chi connectivity index (χ1v) is 11.8. The van der Waals surface area contributed by atoms with Crippen molar-refractivity contribution in [3.63, 3.8) is 0 Å². The molecule has 38 heavy (non-hydrogen) atoms. The number of ether oxygens (including phenoxy) is 3. The van der Waals surface area contributed by atoms with E-state index in [1.165, 1.54) is 18.3 Å². The Kier molecular flexibility index (Phi) is 7.36. The number of amides is 1. The van der Waals surface area contributed by atoms with Crippen molar-refractivity contribution >= 4 is 11.6 Å². The smallest absolute Gasteiger partial charge is 0.317 e. The summed E-state index contributed by atoms with van der Waals surface area (Å²) in [6.07, 6.45) is 3.82. The van der Waals surface area contributed by atoms with Crippen molar-refractivity contribution < 1.29 is 28.5 Å². The zero-order valence-corrected chi connectivity index (χ0v) is 20.4. The third-order valence-electron chi connectivity index (χ3n) is 5.85. The second kappa shape index (κ2) is 11.0. The number of nitrogens with zero attached hydrogens (tertiary/aromatic N) is 4. The van der Waals surface area contributed by atoms with Gasteiger partial charge in [0.25, 0.3) is 0 Å². The SMILES string of the molecule is CC1(C(=O)Nc2cccnc2)COC(c2nc(-c3ccc(F)cc3)c(-c3ccnc(OCCO)n3)[nH]2)OC1. The van der Waals surface area contributed by atoms with Crippen molar-refractivity contribution in [2.45, 2.75) is 13.2 Å². The van der Waals surface area contributed by atoms with Gasteiger partial charge in [0.2, 0.25) is 12.2 Å². The van der Waals surface area contributed by atoms with Crippen LogP contribution in [-0.2, 0) is 14.3 Å². The van der Waals surface area contributed by atoms with E-state index in [2.05, 4.69) is 30.2 Å². The number of imidazole rings is 1. The summed E-state index contributed by atoms with van der Waals surface area (Å²) in [4.78, 5) is 33.2. The first-order valence-electron chi connectivity index (χ1n) is 11.8. The minimum atomic E-state index is -0.937. The Morgan fingerprint density at radius 2 is 1.97 bits per heavy atom. The van der Waals surface area contributed by atoms with Gasteiger partial charge in [-0.1, -0.05) is 0 Å². The van der Waals surface area contributed by atoms with Crippen LogP contribution in [0.3, 0.4) is 0 Å². The Morgan fingerprint density at radius 3 is 2.68 bits per heavy atom. The Labute approximate surface area is 217 Å². The highest BCUT2D eigenvalue weighted by Crippen LogP contribution is 2.36. The van der Waals surface area contributed by atoms with Crippen LogP contribution in [0.25, 0.3) is 22.6 Å². The quantitative estimate of drug-likeness (QED) is 0.319. The van der Waals surface area contributed by atoms with Crippen LogP contribution < -0.4 is 10.1 Å². The van der Waals surface area contributed by atoms with Crippen molar-refractivity contribution in [2.75, 3.05) is 31.7 Å². The standard InChI is InChI=1S/C26H25FN6O5/c1-26(24(35)30-18-3-2-9-28-13-18)14-37-23(38-15-26)22-32-20(16-4-6-17(27)7-5-16)21(33-22)19-8-10-29-25(31-19)36-12-11-34/h2-10,13,23,34H,11-12,14-15H2,1H3,(H,30,35)(H,32,33). The van der Waals surface area contributed by atoms with Crippen molar-refractivity contribution in [3.05, 3.63) is 72.7 Å². The largest absolute Gasteiger partial charge is 0.461 e. The number of carbonyl (C=O) groups is 1. The lowest BCUT2D eigenvalue weighted by Crippen LogP contribution is -2.45. The number of anilines is 1. The van der Waals surface area contributed by atoms with Crippen LogP contribution in [-0.4, -0.2) is 62.4 Å². The second-order valence-corrected chi connectivity index (χ2v) is 8.86. The van der Waals surface area contributed by atoms with Gasteiger partial charge >= 0.3 is 6.01 Å². The summed E-state index contributed by atoms with van der Waals surface area (Å²) in [5.74, 6) is -0.284. The van der Waals surface area contributed by atoms with E-state index >= 15 is 0 Å². The molecule has 1 aliphatic heterocycles. The monoisotopic (exact) mass is 520 g/mol. The lowest BCUT2D eigenvalue weighted by molar-refractivity contribution is -0.229. The highest BCUT2D eigenvalue weighted by atomic mass is 19.1. The third-order valence-corrected chi connectivity index (χ3v) is 5.85. The van der Waals surface area contributed by atoms with Gasteiger partial charge in [-0.2, -0.15) is 4.98 Å². The van der Waals surface area contributed by atoms with Crippen LogP contribution >= 0.6 is 0 Å². The first kappa shape index (κ1) is 25.4. The molecule has 1 fully saturated rings. The van der Waals surface area contributed by atoms with E-state index in [1.54, 1.807) is 49.6 Å². The summed E-state index contributed by atoms with van der Waals surface area (Å²) in [6.45, 7) is 1.77. The van der Waals surface area contributed by atoms with Crippen LogP contribution in [0, 0.1) is 11.2 Å². The molecule has 0 atom stereocenters. The van der Waals surface area contributed by atoms with Gasteiger partial charge < -0.3 is 29.6 Å². The van der Waals surface area contributed by atoms with Crippen molar-refractivity contribution in [1.82, 2.24) is 24.9 Å². The number of hydrogen-bond donors (Lipinski definition) is 3. The molecule has 1 aliphatic rings. The minimum absolute atomic E-state index is 0.0411. The number of carbonyl (C=O) groups excluding carboxylic acids is 1. The van der Waals surface area contributed by atoms with Gasteiger partial charge in [-0.25, -0.2) is 14.4 Å². The Morgan fingerprint density at radius 1 is 1.18 bits per heavy atom. The molecule has 196 valence electrons. The first-order chi connectivity index (χ1) is 18.4. The zero-order chi connectivity index (χ0) is 26.5. The molecule has 11 nitrogen and oxygen atoms in total. The number of hydrogen-bond acceptors (Lipinski definition) is 9. The highest BCUT2D eigenvalue weighted by Gasteiger charge is 2.41. The van der Waals surface area contributed by atoms with Crippen LogP contribution in [0.1, 0.15) is 19.0 Å². The van der Waals surface area contributed by atoms with E-state index in [0.29, 0.717) is 34.2 Å². The molecule has 0 saturated carbocycles. The average molecular weight is 521 g/mol. The van der Waals surface area contributed by atoms with Gasteiger partial charge in [0.1, 0.15) is 12.4 Å². The van der Waals surface area contributed by atoms with Crippen LogP contribution in [0.2, 0.25) is 0 Å². The molecule has 1 aromatic carbocycles. The van der Waals surface area contributed by atoms with E-state index < -0.39 is 11.7 Å². The lowest BCUT2D eigenvalue weighted by Gasteiger charge is -2.35. The number of pyridine rings is 1. The van der Waals surface area contributed by atoms with E-state index in [0.717, 1.165) is 0 Å². The molecule has 0 radical (unpaired) electrons. The van der Waals surface area contributed by atoms with Gasteiger partial charge in [-0.15, -0.1) is 0 Å². The van der Waals surface area contributed by atoms with Crippen LogP contribution in [0.15, 0.2) is 61.1 Å². The molecule has 1 saturated heterocycles. The summed E-state index contributed by atoms with van der Waals surface area (Å²) in [6, 6.07) is 11.1. The van der Waals surface area contributed by atoms with Crippen molar-refractivity contribution in [3.8, 4) is 28.7 Å². The van der Waals surface area contributed by atoms with Crippen LogP contribution in [0.5, 0.6) is 6.01 Å². The third kappa shape index (κ3) is 5.52. The number of halogens is 1. The van der Waals surface area contributed by atoms with Gasteiger partial charge in [0.15, 0.2) is 5.82 Å². The summed E-state index contributed by atoms with van der Waals surface area (Å²) in [7, 11) is 0. The fraction of sp³-hybridized carbons (Fsp3) is 0.269. The predicted molar refractivity (Wildman–Crippen MR) is 133 cm³/mol. The number of aromatic nitrogens is 5. The lowest BCUT2D eigenvalue weighted by atomic mass is 9.91. The number of aliphatic hydroxyl groups excluding tert-OH is 1. The maximum absolute atomic E-state index is 13.6. The maximum atomic E-state index is 13.6. The topological polar surface area (TPSA) is 144 Å². The maximum Gasteiger partial charge on any atom is 0.317 e. The number of H-pyrrole nitrogens is 1. The molecule has 5 rings (SSSR count). The number of benzene rings is 1. The number of aromatic amines is 1. The molecule has 0 spiro atoms. The summed E-state index contributed by atoms with van der Waals surface area (Å²) >= 11 is 0. The summed E-state index contributed by atoms with van der Waals surface area (Å²) in [5.41, 5.74) is 1.74. The van der Waals surface area contributed by atoms with Crippen LogP contribution in [0.4, 0.5) is 10.1 Å². The molecule has 3 N–H and O–H groups in total. The summed E-state index contributed by atoms with van der Waals surface area (Å²) in [5, 5.41) is 11.9. The Bertz CT molecular complexity index is 1390. The number of aliphatic hydroxyl groups is 1. The predicted octanol–water partition coefficient (Wildman–Crippen LogP) is 3.13. The molecule has 0 bridgehead atoms. The Hall–Kier alpha value is -4.26. The van der Waals surface area contributed by atoms with Gasteiger partial charge in [-0.05, 0) is 49.4 Å². The molecule has 12 heteroatoms. The normalized spacial score (nSPS) is 19.2. The molecular weight excluding hydrogens is 495 g/mol. The van der Waals surface area contributed by atoms with Crippen molar-refractivity contribution in [2.24, 2.45) is 5.41 Å². The molecule has 0 unspecified atom stereocenters. The van der Waals surface area contributed by atoms with E-state index in [1.807, 2.05) is 0 Å². The molecule has 4 aromatic rings. The second-order valence-electron chi connectivity index (χ2n) is 8.86. The Balaban J connectivity index is 1.39. The fourth-order valence-electron chi connectivity index (χ4n) is 3.81. The zero-order valence-electron chi connectivity index (χ0n) is 20.4. The molecule has 1 amide bonds. The average Bonchev–Trinajstić information content (AvgIpc) is 3.39. The number of nitrogens with one attached hydrogen (secondary N) is 2. The molecule has 3 aromatic heterocycles.